The molecular formula is C11H16N2O3S. The average Bonchev–Trinajstić information content (AvgIpc) is 2.68. The average molecular weight is 256 g/mol. The Morgan fingerprint density at radius 2 is 2.35 bits per heavy atom. The predicted octanol–water partition coefficient (Wildman–Crippen LogP) is 0.451. The third-order valence-electron chi connectivity index (χ3n) is 3.06. The van der Waals surface area contributed by atoms with E-state index in [0.29, 0.717) is 18.8 Å². The van der Waals surface area contributed by atoms with Gasteiger partial charge in [0.05, 0.1) is 18.6 Å². The van der Waals surface area contributed by atoms with Gasteiger partial charge in [0, 0.05) is 24.2 Å². The van der Waals surface area contributed by atoms with Crippen LogP contribution in [0.4, 0.5) is 0 Å². The van der Waals surface area contributed by atoms with Crippen molar-refractivity contribution < 1.29 is 13.2 Å². The number of sulfone groups is 1. The highest BCUT2D eigenvalue weighted by atomic mass is 32.2. The Morgan fingerprint density at radius 1 is 1.59 bits per heavy atom. The SMILES string of the molecule is COc1ncc(C2CCS(=O)(=O)C2)cc1CN. The maximum atomic E-state index is 11.4. The Balaban J connectivity index is 2.28. The number of hydrogen-bond acceptors (Lipinski definition) is 5. The number of ether oxygens (including phenoxy) is 1. The van der Waals surface area contributed by atoms with Crippen molar-refractivity contribution in [3.8, 4) is 5.88 Å². The van der Waals surface area contributed by atoms with E-state index in [0.717, 1.165) is 11.1 Å². The van der Waals surface area contributed by atoms with Gasteiger partial charge in [-0.1, -0.05) is 0 Å². The van der Waals surface area contributed by atoms with Crippen molar-refractivity contribution in [3.05, 3.63) is 23.4 Å². The first-order valence-corrected chi connectivity index (χ1v) is 7.31. The third-order valence-corrected chi connectivity index (χ3v) is 4.83. The summed E-state index contributed by atoms with van der Waals surface area (Å²) in [4.78, 5) is 4.16. The van der Waals surface area contributed by atoms with E-state index in [-0.39, 0.29) is 17.4 Å². The molecule has 1 aromatic rings. The first-order valence-electron chi connectivity index (χ1n) is 5.49. The van der Waals surface area contributed by atoms with Gasteiger partial charge in [-0.3, -0.25) is 0 Å². The van der Waals surface area contributed by atoms with Crippen molar-refractivity contribution in [2.75, 3.05) is 18.6 Å². The Kier molecular flexibility index (Phi) is 3.35. The molecule has 1 fully saturated rings. The lowest BCUT2D eigenvalue weighted by Gasteiger charge is -2.11. The lowest BCUT2D eigenvalue weighted by atomic mass is 9.99. The van der Waals surface area contributed by atoms with Gasteiger partial charge < -0.3 is 10.5 Å². The lowest BCUT2D eigenvalue weighted by molar-refractivity contribution is 0.392. The fourth-order valence-corrected chi connectivity index (χ4v) is 3.91. The quantitative estimate of drug-likeness (QED) is 0.849. The second-order valence-corrected chi connectivity index (χ2v) is 6.47. The minimum atomic E-state index is -2.87. The van der Waals surface area contributed by atoms with E-state index in [4.69, 9.17) is 10.5 Å². The number of pyridine rings is 1. The topological polar surface area (TPSA) is 82.3 Å². The molecule has 0 aromatic carbocycles. The van der Waals surface area contributed by atoms with Crippen LogP contribution in [0, 0.1) is 0 Å². The molecule has 1 atom stereocenters. The first kappa shape index (κ1) is 12.3. The molecule has 0 saturated carbocycles. The molecule has 0 amide bonds. The smallest absolute Gasteiger partial charge is 0.217 e. The minimum absolute atomic E-state index is 0.0451. The van der Waals surface area contributed by atoms with Crippen LogP contribution in [0.3, 0.4) is 0 Å². The normalized spacial score (nSPS) is 22.6. The fourth-order valence-electron chi connectivity index (χ4n) is 2.13. The zero-order valence-corrected chi connectivity index (χ0v) is 10.5. The van der Waals surface area contributed by atoms with Gasteiger partial charge in [-0.2, -0.15) is 0 Å². The maximum Gasteiger partial charge on any atom is 0.217 e. The second-order valence-electron chi connectivity index (χ2n) is 4.24. The van der Waals surface area contributed by atoms with Crippen LogP contribution in [0.15, 0.2) is 12.3 Å². The maximum absolute atomic E-state index is 11.4. The first-order chi connectivity index (χ1) is 8.05. The van der Waals surface area contributed by atoms with Gasteiger partial charge in [-0.05, 0) is 18.1 Å². The highest BCUT2D eigenvalue weighted by Crippen LogP contribution is 2.30. The third kappa shape index (κ3) is 2.58. The second kappa shape index (κ2) is 4.62. The molecule has 17 heavy (non-hydrogen) atoms. The van der Waals surface area contributed by atoms with Gasteiger partial charge in [0.25, 0.3) is 0 Å². The van der Waals surface area contributed by atoms with E-state index in [1.165, 1.54) is 0 Å². The summed E-state index contributed by atoms with van der Waals surface area (Å²) in [5.74, 6) is 1.04. The number of aromatic nitrogens is 1. The molecule has 1 aliphatic heterocycles. The number of methoxy groups -OCH3 is 1. The van der Waals surface area contributed by atoms with E-state index in [2.05, 4.69) is 4.98 Å². The van der Waals surface area contributed by atoms with Crippen molar-refractivity contribution in [2.45, 2.75) is 18.9 Å². The van der Waals surface area contributed by atoms with Crippen LogP contribution in [-0.4, -0.2) is 32.0 Å². The molecule has 2 heterocycles. The van der Waals surface area contributed by atoms with Gasteiger partial charge in [-0.15, -0.1) is 0 Å². The van der Waals surface area contributed by atoms with Gasteiger partial charge in [0.15, 0.2) is 9.84 Å². The molecule has 5 nitrogen and oxygen atoms in total. The van der Waals surface area contributed by atoms with E-state index in [1.54, 1.807) is 13.3 Å². The van der Waals surface area contributed by atoms with Crippen molar-refractivity contribution in [3.63, 3.8) is 0 Å². The Bertz CT molecular complexity index is 513. The summed E-state index contributed by atoms with van der Waals surface area (Å²) in [5, 5.41) is 0. The molecule has 0 aliphatic carbocycles. The number of nitrogens with two attached hydrogens (primary N) is 1. The van der Waals surface area contributed by atoms with E-state index < -0.39 is 9.84 Å². The molecule has 1 aliphatic rings. The molecule has 2 N–H and O–H groups in total. The summed E-state index contributed by atoms with van der Waals surface area (Å²) in [6.45, 7) is 0.337. The monoisotopic (exact) mass is 256 g/mol. The largest absolute Gasteiger partial charge is 0.481 e. The lowest BCUT2D eigenvalue weighted by Crippen LogP contribution is -2.07. The summed E-state index contributed by atoms with van der Waals surface area (Å²) in [6.07, 6.45) is 2.35. The Labute approximate surface area is 101 Å². The molecule has 1 unspecified atom stereocenters. The highest BCUT2D eigenvalue weighted by Gasteiger charge is 2.29. The minimum Gasteiger partial charge on any atom is -0.481 e. The van der Waals surface area contributed by atoms with Crippen LogP contribution in [-0.2, 0) is 16.4 Å². The van der Waals surface area contributed by atoms with E-state index >= 15 is 0 Å². The van der Waals surface area contributed by atoms with Gasteiger partial charge in [-0.25, -0.2) is 13.4 Å². The van der Waals surface area contributed by atoms with Crippen LogP contribution < -0.4 is 10.5 Å². The van der Waals surface area contributed by atoms with Crippen LogP contribution in [0.2, 0.25) is 0 Å². The van der Waals surface area contributed by atoms with Crippen LogP contribution in [0.1, 0.15) is 23.5 Å². The number of nitrogens with zero attached hydrogens (tertiary/aromatic N) is 1. The number of rotatable bonds is 3. The molecule has 0 radical (unpaired) electrons. The van der Waals surface area contributed by atoms with Crippen molar-refractivity contribution in [1.29, 1.82) is 0 Å². The summed E-state index contributed by atoms with van der Waals surface area (Å²) in [6, 6.07) is 1.90. The van der Waals surface area contributed by atoms with Gasteiger partial charge in [0.2, 0.25) is 5.88 Å². The van der Waals surface area contributed by atoms with Crippen LogP contribution in [0.25, 0.3) is 0 Å². The molecule has 0 bridgehead atoms. The molecule has 2 rings (SSSR count). The molecular weight excluding hydrogens is 240 g/mol. The predicted molar refractivity (Wildman–Crippen MR) is 64.7 cm³/mol. The summed E-state index contributed by atoms with van der Waals surface area (Å²) >= 11 is 0. The summed E-state index contributed by atoms with van der Waals surface area (Å²) in [5.41, 5.74) is 7.36. The molecule has 1 aromatic heterocycles. The Morgan fingerprint density at radius 3 is 2.88 bits per heavy atom. The molecule has 0 spiro atoms. The highest BCUT2D eigenvalue weighted by molar-refractivity contribution is 7.91. The number of hydrogen-bond donors (Lipinski definition) is 1. The summed E-state index contributed by atoms with van der Waals surface area (Å²) < 4.78 is 27.9. The van der Waals surface area contributed by atoms with Crippen LogP contribution >= 0.6 is 0 Å². The fraction of sp³-hybridized carbons (Fsp3) is 0.545. The van der Waals surface area contributed by atoms with Crippen molar-refractivity contribution in [1.82, 2.24) is 4.98 Å². The Hall–Kier alpha value is -1.14. The van der Waals surface area contributed by atoms with E-state index in [1.807, 2.05) is 6.07 Å². The standard InChI is InChI=1S/C11H16N2O3S/c1-16-11-9(5-12)4-10(6-13-11)8-2-3-17(14,15)7-8/h4,6,8H,2-3,5,7,12H2,1H3. The zero-order chi connectivity index (χ0) is 12.5. The van der Waals surface area contributed by atoms with Crippen molar-refractivity contribution >= 4 is 9.84 Å². The molecule has 94 valence electrons. The zero-order valence-electron chi connectivity index (χ0n) is 9.72. The van der Waals surface area contributed by atoms with Gasteiger partial charge in [0.1, 0.15) is 0 Å². The summed E-state index contributed by atoms with van der Waals surface area (Å²) in [7, 11) is -1.33. The van der Waals surface area contributed by atoms with Gasteiger partial charge >= 0.3 is 0 Å². The molecule has 6 heteroatoms. The van der Waals surface area contributed by atoms with E-state index in [9.17, 15) is 8.42 Å². The van der Waals surface area contributed by atoms with Crippen molar-refractivity contribution in [2.24, 2.45) is 5.73 Å². The molecule has 1 saturated heterocycles. The van der Waals surface area contributed by atoms with Crippen LogP contribution in [0.5, 0.6) is 5.88 Å².